The minimum atomic E-state index is -0.375. The average molecular weight is 464 g/mol. The predicted molar refractivity (Wildman–Crippen MR) is 128 cm³/mol. The molecule has 2 aliphatic heterocycles. The van der Waals surface area contributed by atoms with Crippen molar-refractivity contribution in [2.75, 3.05) is 52.9 Å². The maximum absolute atomic E-state index is 13.3. The molecule has 7 heteroatoms. The van der Waals surface area contributed by atoms with Crippen LogP contribution in [-0.2, 0) is 9.59 Å². The van der Waals surface area contributed by atoms with Crippen molar-refractivity contribution in [3.05, 3.63) is 29.3 Å². The van der Waals surface area contributed by atoms with E-state index in [0.29, 0.717) is 24.6 Å². The molecule has 1 aromatic rings. The molecule has 0 unspecified atom stereocenters. The molecule has 0 spiro atoms. The Balaban J connectivity index is 1.75. The van der Waals surface area contributed by atoms with Crippen molar-refractivity contribution in [1.82, 2.24) is 14.7 Å². The number of piperazine rings is 1. The average Bonchev–Trinajstić information content (AvgIpc) is 2.80. The summed E-state index contributed by atoms with van der Waals surface area (Å²) in [4.78, 5) is 32.7. The lowest BCUT2D eigenvalue weighted by Gasteiger charge is -2.44. The van der Waals surface area contributed by atoms with Gasteiger partial charge in [0, 0.05) is 62.0 Å². The Morgan fingerprint density at radius 1 is 1.03 bits per heavy atom. The second-order valence-electron chi connectivity index (χ2n) is 9.48. The van der Waals surface area contributed by atoms with Gasteiger partial charge in [0.2, 0.25) is 11.8 Å². The van der Waals surface area contributed by atoms with Crippen LogP contribution in [0.5, 0.6) is 5.75 Å². The molecule has 2 amide bonds. The number of carbonyl (C=O) groups excluding carboxylic acids is 2. The van der Waals surface area contributed by atoms with Crippen LogP contribution in [0.25, 0.3) is 0 Å². The zero-order valence-electron chi connectivity index (χ0n) is 19.8. The molecule has 0 aliphatic carbocycles. The number of likely N-dealkylation sites (N-methyl/N-ethyl adjacent to an activating group) is 1. The van der Waals surface area contributed by atoms with Crippen molar-refractivity contribution >= 4 is 23.4 Å². The van der Waals surface area contributed by atoms with Crippen LogP contribution in [-0.4, -0.2) is 79.4 Å². The lowest BCUT2D eigenvalue weighted by Crippen LogP contribution is -2.53. The van der Waals surface area contributed by atoms with E-state index in [4.69, 9.17) is 16.3 Å². The highest BCUT2D eigenvalue weighted by atomic mass is 35.5. The third-order valence-corrected chi connectivity index (χ3v) is 7.30. The fourth-order valence-electron chi connectivity index (χ4n) is 4.86. The van der Waals surface area contributed by atoms with Gasteiger partial charge in [-0.3, -0.25) is 9.59 Å². The van der Waals surface area contributed by atoms with E-state index in [-0.39, 0.29) is 23.1 Å². The molecule has 0 radical (unpaired) electrons. The van der Waals surface area contributed by atoms with Gasteiger partial charge < -0.3 is 19.4 Å². The van der Waals surface area contributed by atoms with Gasteiger partial charge in [0.1, 0.15) is 5.75 Å². The van der Waals surface area contributed by atoms with Crippen LogP contribution in [0.2, 0.25) is 5.02 Å². The number of likely N-dealkylation sites (tertiary alicyclic amines) is 1. The molecular weight excluding hydrogens is 426 g/mol. The first-order valence-corrected chi connectivity index (χ1v) is 12.4. The number of halogens is 1. The molecule has 2 heterocycles. The van der Waals surface area contributed by atoms with E-state index in [1.165, 1.54) is 0 Å². The molecular formula is C25H38ClN3O3. The number of benzene rings is 1. The molecule has 32 heavy (non-hydrogen) atoms. The summed E-state index contributed by atoms with van der Waals surface area (Å²) in [5, 5.41) is 0.664. The largest absolute Gasteiger partial charge is 0.493 e. The lowest BCUT2D eigenvalue weighted by atomic mass is 9.76. The van der Waals surface area contributed by atoms with Gasteiger partial charge in [-0.15, -0.1) is 0 Å². The van der Waals surface area contributed by atoms with Crippen molar-refractivity contribution < 1.29 is 14.3 Å². The third-order valence-electron chi connectivity index (χ3n) is 7.05. The molecule has 0 aromatic heterocycles. The Bertz CT molecular complexity index is 760. The summed E-state index contributed by atoms with van der Waals surface area (Å²) in [7, 11) is 2.09. The van der Waals surface area contributed by atoms with Gasteiger partial charge in [-0.2, -0.15) is 0 Å². The molecule has 0 N–H and O–H groups in total. The topological polar surface area (TPSA) is 53.1 Å². The first-order valence-electron chi connectivity index (χ1n) is 12.0. The molecule has 6 nitrogen and oxygen atoms in total. The quantitative estimate of drug-likeness (QED) is 0.586. The van der Waals surface area contributed by atoms with Crippen molar-refractivity contribution in [1.29, 1.82) is 0 Å². The molecule has 3 rings (SSSR count). The van der Waals surface area contributed by atoms with Crippen LogP contribution in [0.15, 0.2) is 24.3 Å². The number of ether oxygens (including phenoxy) is 1. The highest BCUT2D eigenvalue weighted by Crippen LogP contribution is 2.36. The number of nitrogens with zero attached hydrogens (tertiary/aromatic N) is 3. The summed E-state index contributed by atoms with van der Waals surface area (Å²) in [6, 6.07) is 7.33. The Kier molecular flexibility index (Phi) is 8.83. The van der Waals surface area contributed by atoms with E-state index >= 15 is 0 Å². The van der Waals surface area contributed by atoms with Crippen LogP contribution < -0.4 is 4.74 Å². The van der Waals surface area contributed by atoms with Gasteiger partial charge in [-0.25, -0.2) is 0 Å². The van der Waals surface area contributed by atoms with Crippen LogP contribution in [0.4, 0.5) is 0 Å². The lowest BCUT2D eigenvalue weighted by molar-refractivity contribution is -0.145. The number of carbonyl (C=O) groups is 2. The van der Waals surface area contributed by atoms with Crippen molar-refractivity contribution in [2.24, 2.45) is 11.3 Å². The Hall–Kier alpha value is -1.79. The van der Waals surface area contributed by atoms with Gasteiger partial charge in [0.05, 0.1) is 6.61 Å². The van der Waals surface area contributed by atoms with E-state index in [9.17, 15) is 9.59 Å². The molecule has 0 bridgehead atoms. The van der Waals surface area contributed by atoms with Crippen LogP contribution >= 0.6 is 11.6 Å². The fraction of sp³-hybridized carbons (Fsp3) is 0.680. The number of piperidine rings is 1. The summed E-state index contributed by atoms with van der Waals surface area (Å²) in [6.07, 6.45) is 3.89. The summed E-state index contributed by atoms with van der Waals surface area (Å²) in [6.45, 7) is 9.24. The number of rotatable bonds is 8. The summed E-state index contributed by atoms with van der Waals surface area (Å²) in [5.41, 5.74) is -0.375. The molecule has 2 saturated heterocycles. The molecule has 2 fully saturated rings. The SMILES string of the molecule is CCC(CC)C(=O)N1CCC[C@@](COc2ccc(Cl)cc2)(CC(=O)N2CCN(C)CC2)C1. The van der Waals surface area contributed by atoms with Gasteiger partial charge in [0.15, 0.2) is 0 Å². The second kappa shape index (κ2) is 11.4. The number of amides is 2. The van der Waals surface area contributed by atoms with Crippen LogP contribution in [0.3, 0.4) is 0 Å². The zero-order chi connectivity index (χ0) is 23.1. The normalized spacial score (nSPS) is 22.3. The van der Waals surface area contributed by atoms with Gasteiger partial charge in [-0.1, -0.05) is 25.4 Å². The Morgan fingerprint density at radius 3 is 2.31 bits per heavy atom. The van der Waals surface area contributed by atoms with E-state index in [1.54, 1.807) is 0 Å². The highest BCUT2D eigenvalue weighted by Gasteiger charge is 2.41. The predicted octanol–water partition coefficient (Wildman–Crippen LogP) is 3.93. The van der Waals surface area contributed by atoms with E-state index in [1.807, 2.05) is 34.1 Å². The molecule has 2 aliphatic rings. The first kappa shape index (κ1) is 24.8. The minimum absolute atomic E-state index is 0.0521. The smallest absolute Gasteiger partial charge is 0.225 e. The van der Waals surface area contributed by atoms with E-state index < -0.39 is 0 Å². The number of hydrogen-bond donors (Lipinski definition) is 0. The van der Waals surface area contributed by atoms with Crippen LogP contribution in [0, 0.1) is 11.3 Å². The van der Waals surface area contributed by atoms with Gasteiger partial charge >= 0.3 is 0 Å². The number of hydrogen-bond acceptors (Lipinski definition) is 4. The molecule has 1 atom stereocenters. The maximum atomic E-state index is 13.3. The first-order chi connectivity index (χ1) is 15.4. The monoisotopic (exact) mass is 463 g/mol. The summed E-state index contributed by atoms with van der Waals surface area (Å²) in [5.74, 6) is 1.19. The van der Waals surface area contributed by atoms with Crippen LogP contribution in [0.1, 0.15) is 46.0 Å². The standard InChI is InChI=1S/C25H38ClN3O3/c1-4-20(5-2)24(31)29-12-6-11-25(18-29,19-32-22-9-7-21(26)8-10-22)17-23(30)28-15-13-27(3)14-16-28/h7-10,20H,4-6,11-19H2,1-3H3/t25-/m1/s1. The van der Waals surface area contributed by atoms with Crippen molar-refractivity contribution in [3.8, 4) is 5.75 Å². The van der Waals surface area contributed by atoms with E-state index in [2.05, 4.69) is 25.8 Å². The highest BCUT2D eigenvalue weighted by molar-refractivity contribution is 6.30. The summed E-state index contributed by atoms with van der Waals surface area (Å²) >= 11 is 6.01. The minimum Gasteiger partial charge on any atom is -0.493 e. The Morgan fingerprint density at radius 2 is 1.69 bits per heavy atom. The Labute approximate surface area is 197 Å². The molecule has 178 valence electrons. The second-order valence-corrected chi connectivity index (χ2v) is 9.92. The zero-order valence-corrected chi connectivity index (χ0v) is 20.6. The van der Waals surface area contributed by atoms with E-state index in [0.717, 1.165) is 64.2 Å². The van der Waals surface area contributed by atoms with Gasteiger partial charge in [0.25, 0.3) is 0 Å². The maximum Gasteiger partial charge on any atom is 0.225 e. The van der Waals surface area contributed by atoms with Crippen molar-refractivity contribution in [2.45, 2.75) is 46.0 Å². The molecule has 0 saturated carbocycles. The third kappa shape index (κ3) is 6.38. The van der Waals surface area contributed by atoms with Gasteiger partial charge in [-0.05, 0) is 57.0 Å². The molecule has 1 aromatic carbocycles. The van der Waals surface area contributed by atoms with Crippen molar-refractivity contribution in [3.63, 3.8) is 0 Å². The summed E-state index contributed by atoms with van der Waals surface area (Å²) < 4.78 is 6.17. The fourth-order valence-corrected chi connectivity index (χ4v) is 4.99.